The van der Waals surface area contributed by atoms with Crippen molar-refractivity contribution in [1.82, 2.24) is 15.8 Å². The van der Waals surface area contributed by atoms with Gasteiger partial charge < -0.3 is 14.7 Å². The number of amides is 3. The minimum Gasteiger partial charge on any atom is -0.342 e. The molecule has 2 saturated heterocycles. The van der Waals surface area contributed by atoms with Crippen molar-refractivity contribution in [2.24, 2.45) is 11.8 Å². The van der Waals surface area contributed by atoms with Crippen LogP contribution in [0.4, 0.5) is 15.8 Å². The molecule has 0 aromatic heterocycles. The smallest absolute Gasteiger partial charge is 0.247 e. The lowest BCUT2D eigenvalue weighted by Gasteiger charge is -2.41. The number of halogens is 2. The zero-order chi connectivity index (χ0) is 27.6. The molecule has 2 aromatic rings. The third-order valence-electron chi connectivity index (χ3n) is 9.86. The van der Waals surface area contributed by atoms with E-state index in [1.165, 1.54) is 12.1 Å². The lowest BCUT2D eigenvalue weighted by atomic mass is 9.73. The van der Waals surface area contributed by atoms with Crippen molar-refractivity contribution < 1.29 is 18.8 Å². The summed E-state index contributed by atoms with van der Waals surface area (Å²) in [4.78, 5) is 46.5. The van der Waals surface area contributed by atoms with Crippen LogP contribution in [0.15, 0.2) is 40.9 Å². The van der Waals surface area contributed by atoms with E-state index < -0.39 is 5.41 Å². The molecule has 10 heteroatoms. The molecular formula is C30H33BrFN5O3. The van der Waals surface area contributed by atoms with E-state index in [4.69, 9.17) is 0 Å². The normalized spacial score (nSPS) is 26.7. The summed E-state index contributed by atoms with van der Waals surface area (Å²) in [7, 11) is 0. The molecule has 2 aromatic carbocycles. The number of hydrazine groups is 1. The van der Waals surface area contributed by atoms with E-state index in [1.807, 2.05) is 23.1 Å². The van der Waals surface area contributed by atoms with Crippen LogP contribution in [0, 0.1) is 17.7 Å². The van der Waals surface area contributed by atoms with Gasteiger partial charge in [0.05, 0.1) is 5.41 Å². The van der Waals surface area contributed by atoms with Crippen LogP contribution >= 0.6 is 15.9 Å². The van der Waals surface area contributed by atoms with Gasteiger partial charge in [0.1, 0.15) is 12.4 Å². The van der Waals surface area contributed by atoms with Crippen LogP contribution in [0.2, 0.25) is 0 Å². The maximum Gasteiger partial charge on any atom is 0.247 e. The summed E-state index contributed by atoms with van der Waals surface area (Å²) in [5.74, 6) is 0.187. The first-order valence-electron chi connectivity index (χ1n) is 14.3. The number of likely N-dealkylation sites (tertiary alicyclic amines) is 1. The van der Waals surface area contributed by atoms with Crippen molar-refractivity contribution in [3.05, 3.63) is 57.8 Å². The summed E-state index contributed by atoms with van der Waals surface area (Å²) in [6.45, 7) is 2.36. The molecule has 3 atom stereocenters. The summed E-state index contributed by atoms with van der Waals surface area (Å²) < 4.78 is 14.6. The number of nitrogens with zero attached hydrogens (tertiary/aromatic N) is 3. The highest BCUT2D eigenvalue weighted by Gasteiger charge is 2.54. The molecule has 210 valence electrons. The van der Waals surface area contributed by atoms with Gasteiger partial charge in [-0.2, -0.15) is 0 Å². The molecule has 4 aliphatic heterocycles. The number of nitrogens with one attached hydrogen (secondary N) is 2. The quantitative estimate of drug-likeness (QED) is 0.558. The summed E-state index contributed by atoms with van der Waals surface area (Å²) in [6, 6.07) is 10.7. The third kappa shape index (κ3) is 4.10. The van der Waals surface area contributed by atoms with Gasteiger partial charge in [-0.15, -0.1) is 0 Å². The van der Waals surface area contributed by atoms with Crippen LogP contribution in [-0.4, -0.2) is 61.4 Å². The Balaban J connectivity index is 1.09. The number of hydrogen-bond acceptors (Lipinski definition) is 5. The Bertz CT molecular complexity index is 1390. The van der Waals surface area contributed by atoms with E-state index in [9.17, 15) is 18.8 Å². The van der Waals surface area contributed by atoms with Crippen molar-refractivity contribution in [3.8, 4) is 0 Å². The molecule has 40 heavy (non-hydrogen) atoms. The number of carbonyl (C=O) groups excluding carboxylic acids is 3. The van der Waals surface area contributed by atoms with Gasteiger partial charge in [-0.1, -0.05) is 22.0 Å². The molecular weight excluding hydrogens is 577 g/mol. The van der Waals surface area contributed by atoms with E-state index >= 15 is 0 Å². The standard InChI is InChI=1S/C30H33BrFN5O3/c31-22-2-1-3-25-27(22)30(9-12-35(13-10-30)28(39)19-4-6-23-20(14-19)16-33-34-23)29(40)37(25)17-26(38)36-11-8-18-15-21(32)5-7-24(18)36/h1-3,5,7,15,19-20,23,33-34H,4,6,8-14,16-17H2. The fourth-order valence-electron chi connectivity index (χ4n) is 7.75. The number of piperidine rings is 1. The predicted octanol–water partition coefficient (Wildman–Crippen LogP) is 3.28. The molecule has 8 nitrogen and oxygen atoms in total. The average Bonchev–Trinajstić information content (AvgIpc) is 3.66. The highest BCUT2D eigenvalue weighted by Crippen LogP contribution is 2.51. The summed E-state index contributed by atoms with van der Waals surface area (Å²) in [5, 5.41) is 0. The van der Waals surface area contributed by atoms with E-state index in [1.54, 1.807) is 15.9 Å². The second-order valence-electron chi connectivity index (χ2n) is 11.9. The number of anilines is 2. The molecule has 3 unspecified atom stereocenters. The third-order valence-corrected chi connectivity index (χ3v) is 10.5. The minimum atomic E-state index is -0.768. The van der Waals surface area contributed by atoms with E-state index in [-0.39, 0.29) is 36.0 Å². The number of hydrogen-bond donors (Lipinski definition) is 2. The Morgan fingerprint density at radius 3 is 2.73 bits per heavy atom. The average molecular weight is 611 g/mol. The van der Waals surface area contributed by atoms with E-state index in [2.05, 4.69) is 26.8 Å². The minimum absolute atomic E-state index is 0.0428. The Morgan fingerprint density at radius 1 is 1.07 bits per heavy atom. The van der Waals surface area contributed by atoms with Crippen molar-refractivity contribution in [1.29, 1.82) is 0 Å². The second kappa shape index (κ2) is 9.92. The Kier molecular flexibility index (Phi) is 6.47. The number of rotatable bonds is 3. The van der Waals surface area contributed by atoms with Gasteiger partial charge in [0, 0.05) is 59.5 Å². The zero-order valence-corrected chi connectivity index (χ0v) is 23.9. The van der Waals surface area contributed by atoms with Crippen molar-refractivity contribution >= 4 is 45.0 Å². The molecule has 0 bridgehead atoms. The summed E-state index contributed by atoms with van der Waals surface area (Å²) in [6.07, 6.45) is 4.46. The molecule has 2 N–H and O–H groups in total. The molecule has 7 rings (SSSR count). The Hall–Kier alpha value is -2.82. The summed E-state index contributed by atoms with van der Waals surface area (Å²) in [5.41, 5.74) is 9.00. The maximum atomic E-state index is 14.2. The first kappa shape index (κ1) is 26.1. The first-order chi connectivity index (χ1) is 19.4. The largest absolute Gasteiger partial charge is 0.342 e. The summed E-state index contributed by atoms with van der Waals surface area (Å²) >= 11 is 3.70. The fraction of sp³-hybridized carbons (Fsp3) is 0.500. The van der Waals surface area contributed by atoms with Crippen LogP contribution in [0.3, 0.4) is 0 Å². The van der Waals surface area contributed by atoms with Crippen molar-refractivity contribution in [2.45, 2.75) is 50.0 Å². The number of benzene rings is 2. The van der Waals surface area contributed by atoms with Gasteiger partial charge in [0.2, 0.25) is 17.7 Å². The van der Waals surface area contributed by atoms with Crippen LogP contribution < -0.4 is 20.7 Å². The first-order valence-corrected chi connectivity index (χ1v) is 15.1. The molecule has 1 aliphatic carbocycles. The van der Waals surface area contributed by atoms with Crippen molar-refractivity contribution in [3.63, 3.8) is 0 Å². The molecule has 4 heterocycles. The molecule has 1 spiro atoms. The highest BCUT2D eigenvalue weighted by atomic mass is 79.9. The second-order valence-corrected chi connectivity index (χ2v) is 12.8. The van der Waals surface area contributed by atoms with Gasteiger partial charge in [-0.05, 0) is 80.3 Å². The van der Waals surface area contributed by atoms with Crippen LogP contribution in [0.5, 0.6) is 0 Å². The Labute approximate surface area is 241 Å². The molecule has 3 fully saturated rings. The van der Waals surface area contributed by atoms with Gasteiger partial charge in [0.25, 0.3) is 0 Å². The van der Waals surface area contributed by atoms with Gasteiger partial charge in [-0.3, -0.25) is 25.2 Å². The maximum absolute atomic E-state index is 14.2. The highest BCUT2D eigenvalue weighted by molar-refractivity contribution is 9.10. The van der Waals surface area contributed by atoms with Crippen LogP contribution in [-0.2, 0) is 26.2 Å². The zero-order valence-electron chi connectivity index (χ0n) is 22.3. The topological polar surface area (TPSA) is 85.0 Å². The molecule has 5 aliphatic rings. The van der Waals surface area contributed by atoms with E-state index in [0.717, 1.165) is 47.1 Å². The van der Waals surface area contributed by atoms with Crippen LogP contribution in [0.25, 0.3) is 0 Å². The Morgan fingerprint density at radius 2 is 1.90 bits per heavy atom. The lowest BCUT2D eigenvalue weighted by molar-refractivity contribution is -0.140. The van der Waals surface area contributed by atoms with Crippen LogP contribution in [0.1, 0.15) is 43.2 Å². The fourth-order valence-corrected chi connectivity index (χ4v) is 8.48. The molecule has 1 saturated carbocycles. The number of carbonyl (C=O) groups is 3. The number of fused-ring (bicyclic) bond motifs is 4. The lowest BCUT2D eigenvalue weighted by Crippen LogP contribution is -2.53. The van der Waals surface area contributed by atoms with Gasteiger partial charge >= 0.3 is 0 Å². The van der Waals surface area contributed by atoms with E-state index in [0.29, 0.717) is 56.5 Å². The molecule has 3 amide bonds. The predicted molar refractivity (Wildman–Crippen MR) is 152 cm³/mol. The van der Waals surface area contributed by atoms with Gasteiger partial charge in [-0.25, -0.2) is 4.39 Å². The SMILES string of the molecule is O=C(C1CCC2NNCC2C1)N1CCC2(CC1)C(=O)N(CC(=O)N1CCc3cc(F)ccc31)c1cccc(Br)c12. The van der Waals surface area contributed by atoms with Gasteiger partial charge in [0.15, 0.2) is 0 Å². The monoisotopic (exact) mass is 609 g/mol. The van der Waals surface area contributed by atoms with Crippen molar-refractivity contribution in [2.75, 3.05) is 42.5 Å². The molecule has 0 radical (unpaired) electrons.